The van der Waals surface area contributed by atoms with E-state index < -0.39 is 17.3 Å². The van der Waals surface area contributed by atoms with Gasteiger partial charge < -0.3 is 9.84 Å². The molecule has 8 heteroatoms. The van der Waals surface area contributed by atoms with E-state index in [1.165, 1.54) is 4.68 Å². The number of halogens is 1. The quantitative estimate of drug-likeness (QED) is 0.677. The van der Waals surface area contributed by atoms with Crippen LogP contribution in [0.5, 0.6) is 0 Å². The van der Waals surface area contributed by atoms with Gasteiger partial charge in [0.05, 0.1) is 39.9 Å². The van der Waals surface area contributed by atoms with Crippen molar-refractivity contribution in [3.8, 4) is 0 Å². The summed E-state index contributed by atoms with van der Waals surface area (Å²) in [5.41, 5.74) is 3.95. The molecule has 5 rings (SSSR count). The van der Waals surface area contributed by atoms with Crippen LogP contribution in [0.1, 0.15) is 65.0 Å². The summed E-state index contributed by atoms with van der Waals surface area (Å²) in [5.74, 6) is -1.70. The summed E-state index contributed by atoms with van der Waals surface area (Å²) in [5, 5.41) is 14.5. The molecule has 1 N–H and O–H groups in total. The van der Waals surface area contributed by atoms with Crippen LogP contribution in [0.2, 0.25) is 5.02 Å². The van der Waals surface area contributed by atoms with Gasteiger partial charge >= 0.3 is 11.9 Å². The van der Waals surface area contributed by atoms with E-state index in [1.54, 1.807) is 12.1 Å². The summed E-state index contributed by atoms with van der Waals surface area (Å²) in [7, 11) is 0. The number of nitrogens with zero attached hydrogens (tertiary/aromatic N) is 2. The third-order valence-corrected chi connectivity index (χ3v) is 7.70. The van der Waals surface area contributed by atoms with Crippen molar-refractivity contribution in [2.45, 2.75) is 51.9 Å². The first-order valence-corrected chi connectivity index (χ1v) is 11.7. The number of fused-ring (bicyclic) bond motifs is 1. The lowest BCUT2D eigenvalue weighted by molar-refractivity contribution is -0.147. The molecule has 1 aliphatic heterocycles. The van der Waals surface area contributed by atoms with E-state index in [-0.39, 0.29) is 11.9 Å². The number of carbonyl (C=O) groups excluding carboxylic acids is 2. The molecule has 1 fully saturated rings. The molecular formula is C25H25ClN2O5. The molecule has 172 valence electrons. The molecule has 2 heterocycles. The summed E-state index contributed by atoms with van der Waals surface area (Å²) in [6.45, 7) is 2.23. The normalized spacial score (nSPS) is 24.4. The zero-order valence-corrected chi connectivity index (χ0v) is 19.2. The van der Waals surface area contributed by atoms with E-state index in [9.17, 15) is 19.5 Å². The van der Waals surface area contributed by atoms with Crippen molar-refractivity contribution >= 4 is 35.0 Å². The highest BCUT2D eigenvalue weighted by Crippen LogP contribution is 2.45. The molecule has 33 heavy (non-hydrogen) atoms. The maximum Gasteiger partial charge on any atom is 0.312 e. The molecule has 0 saturated carbocycles. The number of carbonyl (C=O) groups is 3. The van der Waals surface area contributed by atoms with Gasteiger partial charge in [0.25, 0.3) is 5.91 Å². The minimum Gasteiger partial charge on any atom is -0.481 e. The van der Waals surface area contributed by atoms with Crippen LogP contribution in [0.3, 0.4) is 0 Å². The number of rotatable bonds is 3. The maximum atomic E-state index is 13.7. The molecule has 0 amide bonds. The number of aromatic nitrogens is 2. The van der Waals surface area contributed by atoms with Gasteiger partial charge in [-0.15, -0.1) is 0 Å². The maximum absolute atomic E-state index is 13.7. The van der Waals surface area contributed by atoms with Gasteiger partial charge in [-0.25, -0.2) is 0 Å². The number of cyclic esters (lactones) is 1. The van der Waals surface area contributed by atoms with Crippen molar-refractivity contribution in [1.82, 2.24) is 9.78 Å². The van der Waals surface area contributed by atoms with Gasteiger partial charge in [-0.05, 0) is 62.7 Å². The lowest BCUT2D eigenvalue weighted by Gasteiger charge is -2.30. The molecule has 0 radical (unpaired) electrons. The molecule has 2 aliphatic carbocycles. The van der Waals surface area contributed by atoms with Crippen molar-refractivity contribution in [3.05, 3.63) is 57.4 Å². The van der Waals surface area contributed by atoms with E-state index in [1.807, 2.05) is 19.1 Å². The van der Waals surface area contributed by atoms with Gasteiger partial charge in [-0.3, -0.25) is 14.4 Å². The van der Waals surface area contributed by atoms with Gasteiger partial charge in [-0.2, -0.15) is 9.78 Å². The molecule has 2 atom stereocenters. The minimum absolute atomic E-state index is 0.204. The first-order valence-electron chi connectivity index (χ1n) is 11.3. The van der Waals surface area contributed by atoms with Gasteiger partial charge in [-0.1, -0.05) is 29.8 Å². The monoisotopic (exact) mass is 468 g/mol. The van der Waals surface area contributed by atoms with Crippen molar-refractivity contribution < 1.29 is 24.2 Å². The molecule has 0 bridgehead atoms. The summed E-state index contributed by atoms with van der Waals surface area (Å²) in [4.78, 5) is 37.7. The number of carboxylic acids is 1. The smallest absolute Gasteiger partial charge is 0.312 e. The standard InChI is InChI=1S/C25H25ClN2O5/c1-14-3-2-4-18(26)20(14)22(29)28-19-13-25(11-12-33-24(25)32)10-9-17(19)21(27-28)15-5-7-16(8-6-15)23(30)31/h2-5,16H,6-13H2,1H3,(H,30,31). The zero-order chi connectivity index (χ0) is 23.3. The van der Waals surface area contributed by atoms with Crippen LogP contribution < -0.4 is 0 Å². The molecule has 2 unspecified atom stereocenters. The van der Waals surface area contributed by atoms with E-state index in [4.69, 9.17) is 21.4 Å². The SMILES string of the molecule is Cc1cccc(Cl)c1C(=O)n1nc(C2=CCC(C(=O)O)CC2)c2c1CC1(CCOC1=O)CC2. The van der Waals surface area contributed by atoms with Gasteiger partial charge in [0.2, 0.25) is 0 Å². The first-order chi connectivity index (χ1) is 15.8. The predicted molar refractivity (Wildman–Crippen MR) is 121 cm³/mol. The average Bonchev–Trinajstić information content (AvgIpc) is 3.34. The Balaban J connectivity index is 1.61. The Kier molecular flexibility index (Phi) is 5.40. The molecule has 1 aromatic heterocycles. The third kappa shape index (κ3) is 3.59. The fourth-order valence-electron chi connectivity index (χ4n) is 5.39. The second-order valence-corrected chi connectivity index (χ2v) is 9.71. The Morgan fingerprint density at radius 1 is 1.27 bits per heavy atom. The van der Waals surface area contributed by atoms with Crippen LogP contribution in [0, 0.1) is 18.3 Å². The van der Waals surface area contributed by atoms with Crippen LogP contribution in [0.25, 0.3) is 5.57 Å². The van der Waals surface area contributed by atoms with Gasteiger partial charge in [0, 0.05) is 12.0 Å². The highest BCUT2D eigenvalue weighted by atomic mass is 35.5. The largest absolute Gasteiger partial charge is 0.481 e. The third-order valence-electron chi connectivity index (χ3n) is 7.39. The fourth-order valence-corrected chi connectivity index (χ4v) is 5.70. The highest BCUT2D eigenvalue weighted by molar-refractivity contribution is 6.34. The second kappa shape index (κ2) is 8.13. The Bertz CT molecular complexity index is 1190. The summed E-state index contributed by atoms with van der Waals surface area (Å²) < 4.78 is 6.73. The number of hydrogen-bond donors (Lipinski definition) is 1. The average molecular weight is 469 g/mol. The lowest BCUT2D eigenvalue weighted by atomic mass is 9.71. The van der Waals surface area contributed by atoms with E-state index in [2.05, 4.69) is 0 Å². The summed E-state index contributed by atoms with van der Waals surface area (Å²) in [6, 6.07) is 5.32. The minimum atomic E-state index is -0.788. The van der Waals surface area contributed by atoms with Crippen LogP contribution in [-0.4, -0.2) is 39.3 Å². The second-order valence-electron chi connectivity index (χ2n) is 9.30. The van der Waals surface area contributed by atoms with Crippen LogP contribution in [0.4, 0.5) is 0 Å². The van der Waals surface area contributed by atoms with Crippen molar-refractivity contribution in [3.63, 3.8) is 0 Å². The number of carboxylic acid groups (broad SMARTS) is 1. The molecule has 1 aromatic carbocycles. The first kappa shape index (κ1) is 21.9. The van der Waals surface area contributed by atoms with Gasteiger partial charge in [0.1, 0.15) is 0 Å². The van der Waals surface area contributed by atoms with E-state index >= 15 is 0 Å². The molecule has 1 spiro atoms. The number of esters is 1. The highest BCUT2D eigenvalue weighted by Gasteiger charge is 2.49. The Morgan fingerprint density at radius 3 is 2.73 bits per heavy atom. The molecular weight excluding hydrogens is 444 g/mol. The van der Waals surface area contributed by atoms with Crippen LogP contribution >= 0.6 is 11.6 Å². The molecule has 2 aromatic rings. The molecule has 1 saturated heterocycles. The van der Waals surface area contributed by atoms with Crippen molar-refractivity contribution in [2.24, 2.45) is 11.3 Å². The molecule has 3 aliphatic rings. The van der Waals surface area contributed by atoms with Gasteiger partial charge in [0.15, 0.2) is 0 Å². The summed E-state index contributed by atoms with van der Waals surface area (Å²) >= 11 is 6.40. The number of allylic oxidation sites excluding steroid dienone is 2. The van der Waals surface area contributed by atoms with Crippen molar-refractivity contribution in [1.29, 1.82) is 0 Å². The Labute approximate surface area is 196 Å². The number of aryl methyl sites for hydroxylation is 1. The Hall–Kier alpha value is -2.93. The predicted octanol–water partition coefficient (Wildman–Crippen LogP) is 4.22. The van der Waals surface area contributed by atoms with E-state index in [0.717, 1.165) is 28.1 Å². The van der Waals surface area contributed by atoms with E-state index in [0.29, 0.717) is 62.1 Å². The molecule has 7 nitrogen and oxygen atoms in total. The van der Waals surface area contributed by atoms with Crippen LogP contribution in [0.15, 0.2) is 24.3 Å². The summed E-state index contributed by atoms with van der Waals surface area (Å²) in [6.07, 6.45) is 5.82. The fraction of sp³-hybridized carbons (Fsp3) is 0.440. The van der Waals surface area contributed by atoms with Crippen molar-refractivity contribution in [2.75, 3.05) is 6.61 Å². The number of ether oxygens (including phenoxy) is 1. The topological polar surface area (TPSA) is 98.5 Å². The number of aliphatic carboxylic acids is 1. The lowest BCUT2D eigenvalue weighted by Crippen LogP contribution is -2.35. The number of hydrogen-bond acceptors (Lipinski definition) is 5. The van der Waals surface area contributed by atoms with Crippen LogP contribution in [-0.2, 0) is 27.2 Å². The Morgan fingerprint density at radius 2 is 2.09 bits per heavy atom. The zero-order valence-electron chi connectivity index (χ0n) is 18.4. The number of benzene rings is 1.